The summed E-state index contributed by atoms with van der Waals surface area (Å²) in [5, 5.41) is 3.09. The number of amides is 2. The molecule has 1 aromatic carbocycles. The van der Waals surface area contributed by atoms with E-state index in [4.69, 9.17) is 5.73 Å². The fraction of sp³-hybridized carbons (Fsp3) is 0.652. The van der Waals surface area contributed by atoms with Crippen LogP contribution in [0.2, 0.25) is 0 Å². The van der Waals surface area contributed by atoms with Crippen LogP contribution >= 0.6 is 0 Å². The number of para-hydroxylation sites is 1. The number of benzene rings is 1. The van der Waals surface area contributed by atoms with Gasteiger partial charge in [0.1, 0.15) is 16.2 Å². The molecule has 5 saturated carbocycles. The molecule has 35 heavy (non-hydrogen) atoms. The summed E-state index contributed by atoms with van der Waals surface area (Å²) in [6.07, 6.45) is 0.180. The number of primary amides is 1. The molecule has 192 valence electrons. The fourth-order valence-electron chi connectivity index (χ4n) is 7.16. The number of ether oxygens (including phenoxy) is 1. The Labute approximate surface area is 201 Å². The molecule has 0 saturated heterocycles. The second-order valence-corrected chi connectivity index (χ2v) is 12.5. The third-order valence-electron chi connectivity index (χ3n) is 8.30. The highest BCUT2D eigenvalue weighted by atomic mass is 32.2. The molecule has 4 N–H and O–H groups in total. The van der Waals surface area contributed by atoms with Crippen molar-refractivity contribution in [3.63, 3.8) is 0 Å². The van der Waals surface area contributed by atoms with E-state index in [1.54, 1.807) is 0 Å². The second kappa shape index (κ2) is 7.83. The first-order valence-electron chi connectivity index (χ1n) is 11.8. The van der Waals surface area contributed by atoms with Crippen molar-refractivity contribution in [2.45, 2.75) is 80.1 Å². The van der Waals surface area contributed by atoms with Crippen LogP contribution in [0.3, 0.4) is 0 Å². The van der Waals surface area contributed by atoms with Gasteiger partial charge in [0.05, 0.1) is 5.41 Å². The van der Waals surface area contributed by atoms with Crippen molar-refractivity contribution < 1.29 is 35.9 Å². The topological polar surface area (TPSA) is 128 Å². The molecule has 2 atom stereocenters. The highest BCUT2D eigenvalue weighted by molar-refractivity contribution is 7.89. The Kier molecular flexibility index (Phi) is 5.45. The molecule has 1 aromatic rings. The molecule has 5 aliphatic carbocycles. The molecule has 8 nitrogen and oxygen atoms in total. The Bertz CT molecular complexity index is 1150. The molecule has 5 fully saturated rings. The van der Waals surface area contributed by atoms with E-state index in [9.17, 15) is 31.2 Å². The summed E-state index contributed by atoms with van der Waals surface area (Å²) in [4.78, 5) is 25.2. The maximum atomic E-state index is 13.6. The van der Waals surface area contributed by atoms with Gasteiger partial charge in [-0.3, -0.25) is 9.59 Å². The Morgan fingerprint density at radius 3 is 2.23 bits per heavy atom. The van der Waals surface area contributed by atoms with Gasteiger partial charge in [0.25, 0.3) is 0 Å². The molecule has 6 rings (SSSR count). The zero-order valence-electron chi connectivity index (χ0n) is 19.0. The van der Waals surface area contributed by atoms with Crippen molar-refractivity contribution >= 4 is 21.8 Å². The van der Waals surface area contributed by atoms with Gasteiger partial charge in [0, 0.05) is 5.54 Å². The van der Waals surface area contributed by atoms with Crippen LogP contribution < -0.4 is 20.5 Å². The third kappa shape index (κ3) is 4.28. The summed E-state index contributed by atoms with van der Waals surface area (Å²) in [6, 6.07) is 4.43. The van der Waals surface area contributed by atoms with Crippen LogP contribution in [0.25, 0.3) is 0 Å². The number of carbonyl (C=O) groups is 2. The first-order valence-corrected chi connectivity index (χ1v) is 13.3. The largest absolute Gasteiger partial charge is 0.573 e. The van der Waals surface area contributed by atoms with Gasteiger partial charge in [-0.15, -0.1) is 13.2 Å². The van der Waals surface area contributed by atoms with Gasteiger partial charge in [0.2, 0.25) is 21.8 Å². The zero-order valence-corrected chi connectivity index (χ0v) is 19.8. The molecule has 0 heterocycles. The van der Waals surface area contributed by atoms with Crippen molar-refractivity contribution in [3.05, 3.63) is 24.3 Å². The van der Waals surface area contributed by atoms with E-state index in [1.165, 1.54) is 12.1 Å². The number of carbonyl (C=O) groups excluding carboxylic acids is 2. The number of rotatable bonds is 7. The smallest absolute Gasteiger partial charge is 0.404 e. The average Bonchev–Trinajstić information content (AvgIpc) is 2.68. The van der Waals surface area contributed by atoms with E-state index >= 15 is 0 Å². The molecular formula is C23H28F3N3O5S. The molecule has 0 spiro atoms. The number of nitrogens with one attached hydrogen (secondary N) is 2. The van der Waals surface area contributed by atoms with Gasteiger partial charge in [-0.1, -0.05) is 12.1 Å². The number of hydrogen-bond donors (Lipinski definition) is 3. The normalized spacial score (nSPS) is 33.1. The average molecular weight is 516 g/mol. The highest BCUT2D eigenvalue weighted by Crippen LogP contribution is 2.61. The van der Waals surface area contributed by atoms with Crippen LogP contribution in [0.4, 0.5) is 13.2 Å². The van der Waals surface area contributed by atoms with Crippen molar-refractivity contribution in [1.29, 1.82) is 0 Å². The van der Waals surface area contributed by atoms with Gasteiger partial charge in [-0.2, -0.15) is 4.72 Å². The Morgan fingerprint density at radius 2 is 1.69 bits per heavy atom. The quantitative estimate of drug-likeness (QED) is 0.515. The lowest BCUT2D eigenvalue weighted by molar-refractivity contribution is -0.275. The predicted molar refractivity (Wildman–Crippen MR) is 117 cm³/mol. The molecule has 2 amide bonds. The van der Waals surface area contributed by atoms with Gasteiger partial charge < -0.3 is 15.8 Å². The predicted octanol–water partition coefficient (Wildman–Crippen LogP) is 2.73. The number of sulfonamides is 1. The molecule has 0 aliphatic heterocycles. The lowest BCUT2D eigenvalue weighted by Crippen LogP contribution is -2.70. The number of alkyl halides is 3. The molecule has 0 aromatic heterocycles. The van der Waals surface area contributed by atoms with Crippen molar-refractivity contribution in [2.24, 2.45) is 23.0 Å². The van der Waals surface area contributed by atoms with E-state index in [-0.39, 0.29) is 30.6 Å². The first kappa shape index (κ1) is 24.4. The Balaban J connectivity index is 1.39. The maximum Gasteiger partial charge on any atom is 0.573 e. The standard InChI is InChI=1S/C23H28F3N3O5S/c24-23(25,26)34-16-4-1-2-5-17(16)35(32,33)29-22(6-3-7-22)19(31)28-21-11-14-8-15(12-21)10-20(9-14,13-21)18(27)30/h1-2,4-5,14-15,29H,3,6-13H2,(H2,27,30)(H,28,31). The molecule has 12 heteroatoms. The molecule has 4 bridgehead atoms. The highest BCUT2D eigenvalue weighted by Gasteiger charge is 2.61. The van der Waals surface area contributed by atoms with Crippen molar-refractivity contribution in [3.8, 4) is 5.75 Å². The number of nitrogens with two attached hydrogens (primary N) is 1. The molecular weight excluding hydrogens is 487 g/mol. The van der Waals surface area contributed by atoms with Crippen LogP contribution in [0.15, 0.2) is 29.2 Å². The van der Waals surface area contributed by atoms with E-state index in [1.807, 2.05) is 0 Å². The van der Waals surface area contributed by atoms with Crippen molar-refractivity contribution in [1.82, 2.24) is 10.0 Å². The van der Waals surface area contributed by atoms with Gasteiger partial charge in [-0.05, 0) is 81.8 Å². The second-order valence-electron chi connectivity index (χ2n) is 10.9. The van der Waals surface area contributed by atoms with Crippen LogP contribution in [0.5, 0.6) is 5.75 Å². The Morgan fingerprint density at radius 1 is 1.06 bits per heavy atom. The summed E-state index contributed by atoms with van der Waals surface area (Å²) in [6.45, 7) is 0. The van der Waals surface area contributed by atoms with E-state index in [0.29, 0.717) is 38.5 Å². The zero-order chi connectivity index (χ0) is 25.3. The summed E-state index contributed by atoms with van der Waals surface area (Å²) in [5.41, 5.74) is 3.00. The minimum Gasteiger partial charge on any atom is -0.404 e. The lowest BCUT2D eigenvalue weighted by Gasteiger charge is -2.61. The SMILES string of the molecule is NC(=O)C12CC3CC(CC(NC(=O)C4(NS(=O)(=O)c5ccccc5OC(F)(F)F)CCC4)(C3)C1)C2. The maximum absolute atomic E-state index is 13.6. The fourth-order valence-corrected chi connectivity index (χ4v) is 8.71. The van der Waals surface area contributed by atoms with E-state index in [2.05, 4.69) is 14.8 Å². The molecule has 5 aliphatic rings. The monoisotopic (exact) mass is 515 g/mol. The molecule has 2 unspecified atom stereocenters. The van der Waals surface area contributed by atoms with Gasteiger partial charge in [-0.25, -0.2) is 8.42 Å². The first-order chi connectivity index (χ1) is 16.3. The van der Waals surface area contributed by atoms with Crippen LogP contribution in [0.1, 0.15) is 57.8 Å². The van der Waals surface area contributed by atoms with Crippen LogP contribution in [-0.2, 0) is 19.6 Å². The number of hydrogen-bond acceptors (Lipinski definition) is 5. The van der Waals surface area contributed by atoms with E-state index in [0.717, 1.165) is 18.6 Å². The van der Waals surface area contributed by atoms with Gasteiger partial charge >= 0.3 is 6.36 Å². The summed E-state index contributed by atoms with van der Waals surface area (Å²) in [5.74, 6) is -1.20. The van der Waals surface area contributed by atoms with Gasteiger partial charge in [0.15, 0.2) is 0 Å². The lowest BCUT2D eigenvalue weighted by atomic mass is 9.46. The van der Waals surface area contributed by atoms with Crippen LogP contribution in [-0.4, -0.2) is 37.7 Å². The minimum absolute atomic E-state index is 0.213. The Hall–Kier alpha value is -2.34. The van der Waals surface area contributed by atoms with Crippen molar-refractivity contribution in [2.75, 3.05) is 0 Å². The van der Waals surface area contributed by atoms with E-state index < -0.39 is 49.4 Å². The van der Waals surface area contributed by atoms with Crippen LogP contribution in [0, 0.1) is 17.3 Å². The summed E-state index contributed by atoms with van der Waals surface area (Å²) < 4.78 is 71.1. The summed E-state index contributed by atoms with van der Waals surface area (Å²) in [7, 11) is -4.53. The third-order valence-corrected chi connectivity index (χ3v) is 9.87. The molecule has 0 radical (unpaired) electrons. The summed E-state index contributed by atoms with van der Waals surface area (Å²) >= 11 is 0. The minimum atomic E-state index is -5.08. The number of halogens is 3.